The van der Waals surface area contributed by atoms with Crippen molar-refractivity contribution in [2.45, 2.75) is 13.5 Å². The molecule has 108 valence electrons. The summed E-state index contributed by atoms with van der Waals surface area (Å²) in [6.07, 6.45) is 0. The first kappa shape index (κ1) is 12.9. The Morgan fingerprint density at radius 2 is 1.73 bits per heavy atom. The molecule has 0 saturated carbocycles. The molecule has 2 aromatic heterocycles. The van der Waals surface area contributed by atoms with Gasteiger partial charge in [-0.15, -0.1) is 0 Å². The summed E-state index contributed by atoms with van der Waals surface area (Å²) in [6, 6.07) is 19.7. The summed E-state index contributed by atoms with van der Waals surface area (Å²) < 4.78 is 2.17. The van der Waals surface area contributed by atoms with Crippen molar-refractivity contribution < 1.29 is 0 Å². The van der Waals surface area contributed by atoms with Gasteiger partial charge in [0.1, 0.15) is 5.65 Å². The number of aryl methyl sites for hydroxylation is 1. The quantitative estimate of drug-likeness (QED) is 0.590. The van der Waals surface area contributed by atoms with Gasteiger partial charge in [-0.05, 0) is 18.6 Å². The topological polar surface area (TPSA) is 37.8 Å². The van der Waals surface area contributed by atoms with Crippen LogP contribution in [0.4, 0.5) is 0 Å². The SMILES string of the molecule is CCn1c2ccccc2c2c(=O)cc(-c3ccccc3)[nH]c21. The molecule has 0 bridgehead atoms. The lowest BCUT2D eigenvalue weighted by Gasteiger charge is -2.06. The van der Waals surface area contributed by atoms with Crippen molar-refractivity contribution in [2.24, 2.45) is 0 Å². The summed E-state index contributed by atoms with van der Waals surface area (Å²) in [7, 11) is 0. The predicted octanol–water partition coefficient (Wildman–Crippen LogP) is 4.17. The summed E-state index contributed by atoms with van der Waals surface area (Å²) in [6.45, 7) is 2.91. The molecule has 1 N–H and O–H groups in total. The van der Waals surface area contributed by atoms with Gasteiger partial charge >= 0.3 is 0 Å². The number of hydrogen-bond acceptors (Lipinski definition) is 1. The van der Waals surface area contributed by atoms with Crippen molar-refractivity contribution in [2.75, 3.05) is 0 Å². The van der Waals surface area contributed by atoms with Gasteiger partial charge in [0, 0.05) is 18.0 Å². The number of aromatic nitrogens is 2. The molecule has 0 atom stereocenters. The fourth-order valence-corrected chi connectivity index (χ4v) is 3.15. The maximum atomic E-state index is 12.7. The van der Waals surface area contributed by atoms with Gasteiger partial charge in [0.15, 0.2) is 5.43 Å². The standard InChI is InChI=1S/C19H16N2O/c1-2-21-16-11-7-6-10-14(16)18-17(22)12-15(20-19(18)21)13-8-4-3-5-9-13/h3-12H,2H2,1H3,(H,20,22). The maximum Gasteiger partial charge on any atom is 0.192 e. The molecule has 0 unspecified atom stereocenters. The fourth-order valence-electron chi connectivity index (χ4n) is 3.15. The van der Waals surface area contributed by atoms with Gasteiger partial charge in [-0.3, -0.25) is 4.79 Å². The smallest absolute Gasteiger partial charge is 0.192 e. The molecule has 0 aliphatic heterocycles. The fraction of sp³-hybridized carbons (Fsp3) is 0.105. The molecule has 2 aromatic carbocycles. The van der Waals surface area contributed by atoms with Crippen LogP contribution >= 0.6 is 0 Å². The summed E-state index contributed by atoms with van der Waals surface area (Å²) in [5.41, 5.74) is 3.94. The molecule has 0 fully saturated rings. The summed E-state index contributed by atoms with van der Waals surface area (Å²) in [4.78, 5) is 16.1. The van der Waals surface area contributed by atoms with Gasteiger partial charge in [-0.25, -0.2) is 0 Å². The second-order valence-electron chi connectivity index (χ2n) is 5.40. The Kier molecular flexibility index (Phi) is 2.86. The molecule has 3 heteroatoms. The van der Waals surface area contributed by atoms with E-state index in [9.17, 15) is 4.79 Å². The number of para-hydroxylation sites is 1. The number of nitrogens with zero attached hydrogens (tertiary/aromatic N) is 1. The Balaban J connectivity index is 2.14. The number of pyridine rings is 1. The number of nitrogens with one attached hydrogen (secondary N) is 1. The average molecular weight is 288 g/mol. The minimum atomic E-state index is 0.0657. The molecular weight excluding hydrogens is 272 g/mol. The van der Waals surface area contributed by atoms with Crippen LogP contribution in [0.1, 0.15) is 6.92 Å². The van der Waals surface area contributed by atoms with E-state index in [1.165, 1.54) is 0 Å². The van der Waals surface area contributed by atoms with E-state index in [2.05, 4.69) is 22.5 Å². The summed E-state index contributed by atoms with van der Waals surface area (Å²) >= 11 is 0. The van der Waals surface area contributed by atoms with Crippen LogP contribution in [-0.4, -0.2) is 9.55 Å². The van der Waals surface area contributed by atoms with E-state index in [1.807, 2.05) is 48.5 Å². The molecule has 0 radical (unpaired) electrons. The van der Waals surface area contributed by atoms with Crippen LogP contribution in [0.5, 0.6) is 0 Å². The van der Waals surface area contributed by atoms with E-state index in [4.69, 9.17) is 0 Å². The van der Waals surface area contributed by atoms with E-state index in [0.717, 1.165) is 39.7 Å². The Labute approximate surface area is 127 Å². The van der Waals surface area contributed by atoms with Gasteiger partial charge in [0.25, 0.3) is 0 Å². The average Bonchev–Trinajstić information content (AvgIpc) is 2.89. The third-order valence-electron chi connectivity index (χ3n) is 4.15. The van der Waals surface area contributed by atoms with Crippen molar-refractivity contribution in [3.63, 3.8) is 0 Å². The second-order valence-corrected chi connectivity index (χ2v) is 5.40. The minimum Gasteiger partial charge on any atom is -0.340 e. The van der Waals surface area contributed by atoms with E-state index in [1.54, 1.807) is 6.07 Å². The van der Waals surface area contributed by atoms with E-state index in [0.29, 0.717) is 0 Å². The zero-order valence-corrected chi connectivity index (χ0v) is 12.3. The van der Waals surface area contributed by atoms with Crippen LogP contribution in [-0.2, 0) is 6.54 Å². The Morgan fingerprint density at radius 3 is 2.50 bits per heavy atom. The molecule has 0 amide bonds. The van der Waals surface area contributed by atoms with Gasteiger partial charge in [-0.1, -0.05) is 48.5 Å². The van der Waals surface area contributed by atoms with Crippen LogP contribution in [0.15, 0.2) is 65.5 Å². The minimum absolute atomic E-state index is 0.0657. The highest BCUT2D eigenvalue weighted by molar-refractivity contribution is 6.07. The lowest BCUT2D eigenvalue weighted by molar-refractivity contribution is 0.816. The first-order valence-electron chi connectivity index (χ1n) is 7.49. The van der Waals surface area contributed by atoms with E-state index >= 15 is 0 Å². The molecule has 2 heterocycles. The number of benzene rings is 2. The molecule has 3 nitrogen and oxygen atoms in total. The second kappa shape index (κ2) is 4.88. The van der Waals surface area contributed by atoms with Crippen LogP contribution < -0.4 is 5.43 Å². The largest absolute Gasteiger partial charge is 0.340 e. The molecule has 22 heavy (non-hydrogen) atoms. The van der Waals surface area contributed by atoms with Gasteiger partial charge in [0.05, 0.1) is 16.6 Å². The lowest BCUT2D eigenvalue weighted by atomic mass is 10.1. The van der Waals surface area contributed by atoms with Crippen molar-refractivity contribution in [3.05, 3.63) is 70.9 Å². The Hall–Kier alpha value is -2.81. The van der Waals surface area contributed by atoms with Crippen LogP contribution in [0, 0.1) is 0 Å². The normalized spacial score (nSPS) is 11.3. The van der Waals surface area contributed by atoms with Crippen LogP contribution in [0.25, 0.3) is 33.2 Å². The van der Waals surface area contributed by atoms with Crippen LogP contribution in [0.2, 0.25) is 0 Å². The third kappa shape index (κ3) is 1.79. The van der Waals surface area contributed by atoms with Gasteiger partial charge in [0.2, 0.25) is 0 Å². The van der Waals surface area contributed by atoms with Gasteiger partial charge in [-0.2, -0.15) is 0 Å². The highest BCUT2D eigenvalue weighted by atomic mass is 16.1. The first-order chi connectivity index (χ1) is 10.8. The number of aromatic amines is 1. The molecule has 4 rings (SSSR count). The third-order valence-corrected chi connectivity index (χ3v) is 4.15. The molecule has 0 saturated heterocycles. The van der Waals surface area contributed by atoms with Crippen molar-refractivity contribution in [3.8, 4) is 11.3 Å². The molecular formula is C19H16N2O. The number of rotatable bonds is 2. The Bertz CT molecular complexity index is 1030. The van der Waals surface area contributed by atoms with Crippen LogP contribution in [0.3, 0.4) is 0 Å². The van der Waals surface area contributed by atoms with Gasteiger partial charge < -0.3 is 9.55 Å². The number of hydrogen-bond donors (Lipinski definition) is 1. The van der Waals surface area contributed by atoms with E-state index < -0.39 is 0 Å². The molecule has 0 aliphatic carbocycles. The lowest BCUT2D eigenvalue weighted by Crippen LogP contribution is -2.04. The maximum absolute atomic E-state index is 12.7. The summed E-state index contributed by atoms with van der Waals surface area (Å²) in [5.74, 6) is 0. The molecule has 0 aliphatic rings. The van der Waals surface area contributed by atoms with E-state index in [-0.39, 0.29) is 5.43 Å². The highest BCUT2D eigenvalue weighted by Crippen LogP contribution is 2.27. The number of H-pyrrole nitrogens is 1. The zero-order chi connectivity index (χ0) is 15.1. The van der Waals surface area contributed by atoms with Crippen molar-refractivity contribution in [1.82, 2.24) is 9.55 Å². The van der Waals surface area contributed by atoms with Crippen molar-refractivity contribution in [1.29, 1.82) is 0 Å². The first-order valence-corrected chi connectivity index (χ1v) is 7.49. The number of fused-ring (bicyclic) bond motifs is 3. The van der Waals surface area contributed by atoms with Crippen molar-refractivity contribution >= 4 is 21.9 Å². The molecule has 4 aromatic rings. The predicted molar refractivity (Wildman–Crippen MR) is 91.2 cm³/mol. The highest BCUT2D eigenvalue weighted by Gasteiger charge is 2.13. The molecule has 0 spiro atoms. The Morgan fingerprint density at radius 1 is 1.00 bits per heavy atom. The zero-order valence-electron chi connectivity index (χ0n) is 12.3. The monoisotopic (exact) mass is 288 g/mol. The summed E-state index contributed by atoms with van der Waals surface area (Å²) in [5, 5.41) is 1.79.